The first-order chi connectivity index (χ1) is 6.81. The Kier molecular flexibility index (Phi) is 2.92. The van der Waals surface area contributed by atoms with Gasteiger partial charge in [0.25, 0.3) is 0 Å². The van der Waals surface area contributed by atoms with Crippen LogP contribution in [0.2, 0.25) is 0 Å². The van der Waals surface area contributed by atoms with Crippen molar-refractivity contribution in [3.8, 4) is 0 Å². The summed E-state index contributed by atoms with van der Waals surface area (Å²) in [5.41, 5.74) is 3.53. The van der Waals surface area contributed by atoms with E-state index >= 15 is 0 Å². The van der Waals surface area contributed by atoms with Gasteiger partial charge in [0.1, 0.15) is 0 Å². The molecule has 2 nitrogen and oxygen atoms in total. The quantitative estimate of drug-likeness (QED) is 0.744. The Hall–Kier alpha value is -0.760. The Balaban J connectivity index is 2.14. The molecule has 78 valence electrons. The molecular formula is C12H19NO. The van der Waals surface area contributed by atoms with Crippen molar-refractivity contribution in [1.82, 2.24) is 4.98 Å². The van der Waals surface area contributed by atoms with Gasteiger partial charge < -0.3 is 10.1 Å². The molecule has 0 aromatic carbocycles. The molecule has 0 bridgehead atoms. The predicted octanol–water partition coefficient (Wildman–Crippen LogP) is 2.86. The minimum Gasteiger partial charge on any atom is -0.392 e. The smallest absolute Gasteiger partial charge is 0.0699 e. The predicted molar refractivity (Wildman–Crippen MR) is 57.3 cm³/mol. The van der Waals surface area contributed by atoms with E-state index < -0.39 is 0 Å². The second-order valence-electron chi connectivity index (χ2n) is 4.37. The van der Waals surface area contributed by atoms with E-state index in [1.54, 1.807) is 0 Å². The zero-order chi connectivity index (χ0) is 9.97. The fourth-order valence-corrected chi connectivity index (χ4v) is 2.43. The molecule has 1 heterocycles. The van der Waals surface area contributed by atoms with Gasteiger partial charge in [0.05, 0.1) is 6.61 Å². The van der Waals surface area contributed by atoms with E-state index in [-0.39, 0.29) is 6.61 Å². The number of aliphatic hydroxyl groups excluding tert-OH is 1. The van der Waals surface area contributed by atoms with Gasteiger partial charge >= 0.3 is 0 Å². The van der Waals surface area contributed by atoms with Crippen molar-refractivity contribution in [1.29, 1.82) is 0 Å². The number of aromatic amines is 1. The van der Waals surface area contributed by atoms with E-state index in [0.29, 0.717) is 5.92 Å². The van der Waals surface area contributed by atoms with Gasteiger partial charge in [0.15, 0.2) is 0 Å². The van der Waals surface area contributed by atoms with E-state index in [2.05, 4.69) is 11.1 Å². The third kappa shape index (κ3) is 1.85. The molecule has 1 aliphatic rings. The van der Waals surface area contributed by atoms with Crippen LogP contribution >= 0.6 is 0 Å². The molecule has 1 saturated carbocycles. The number of rotatable bonds is 2. The highest BCUT2D eigenvalue weighted by atomic mass is 16.3. The second-order valence-corrected chi connectivity index (χ2v) is 4.37. The minimum absolute atomic E-state index is 0.162. The van der Waals surface area contributed by atoms with Gasteiger partial charge in [-0.15, -0.1) is 0 Å². The molecule has 0 spiro atoms. The summed E-state index contributed by atoms with van der Waals surface area (Å²) in [7, 11) is 0. The van der Waals surface area contributed by atoms with Gasteiger partial charge in [-0.25, -0.2) is 0 Å². The van der Waals surface area contributed by atoms with E-state index in [1.807, 2.05) is 6.92 Å². The zero-order valence-corrected chi connectivity index (χ0v) is 8.84. The molecule has 1 fully saturated rings. The summed E-state index contributed by atoms with van der Waals surface area (Å²) >= 11 is 0. The molecule has 0 radical (unpaired) electrons. The number of hydrogen-bond acceptors (Lipinski definition) is 1. The first-order valence-electron chi connectivity index (χ1n) is 5.60. The Morgan fingerprint density at radius 2 is 2.07 bits per heavy atom. The number of hydrogen-bond donors (Lipinski definition) is 2. The van der Waals surface area contributed by atoms with Crippen molar-refractivity contribution in [3.05, 3.63) is 23.0 Å². The van der Waals surface area contributed by atoms with Crippen molar-refractivity contribution < 1.29 is 5.11 Å². The van der Waals surface area contributed by atoms with Gasteiger partial charge in [-0.3, -0.25) is 0 Å². The molecule has 0 saturated heterocycles. The summed E-state index contributed by atoms with van der Waals surface area (Å²) in [5.74, 6) is 0.711. The van der Waals surface area contributed by atoms with Crippen LogP contribution in [0.5, 0.6) is 0 Å². The van der Waals surface area contributed by atoms with E-state index in [9.17, 15) is 0 Å². The van der Waals surface area contributed by atoms with E-state index in [1.165, 1.54) is 37.8 Å². The lowest BCUT2D eigenvalue weighted by molar-refractivity contribution is 0.281. The lowest BCUT2D eigenvalue weighted by Gasteiger charge is -2.20. The Bertz CT molecular complexity index is 297. The third-order valence-electron chi connectivity index (χ3n) is 3.36. The van der Waals surface area contributed by atoms with Gasteiger partial charge in [0, 0.05) is 11.4 Å². The molecule has 1 aromatic heterocycles. The van der Waals surface area contributed by atoms with Crippen molar-refractivity contribution in [2.24, 2.45) is 0 Å². The lowest BCUT2D eigenvalue weighted by atomic mass is 9.87. The number of aromatic nitrogens is 1. The minimum atomic E-state index is 0.162. The van der Waals surface area contributed by atoms with Gasteiger partial charge in [-0.2, -0.15) is 0 Å². The Labute approximate surface area is 85.3 Å². The molecule has 14 heavy (non-hydrogen) atoms. The Morgan fingerprint density at radius 1 is 1.36 bits per heavy atom. The van der Waals surface area contributed by atoms with E-state index in [4.69, 9.17) is 5.11 Å². The number of H-pyrrole nitrogens is 1. The maximum atomic E-state index is 9.11. The topological polar surface area (TPSA) is 36.0 Å². The van der Waals surface area contributed by atoms with Crippen molar-refractivity contribution >= 4 is 0 Å². The van der Waals surface area contributed by atoms with Crippen LogP contribution in [0.1, 0.15) is 55.0 Å². The van der Waals surface area contributed by atoms with Crippen LogP contribution in [-0.2, 0) is 6.61 Å². The normalized spacial score (nSPS) is 18.7. The molecule has 0 aliphatic heterocycles. The highest BCUT2D eigenvalue weighted by Gasteiger charge is 2.17. The summed E-state index contributed by atoms with van der Waals surface area (Å²) in [6.07, 6.45) is 6.73. The third-order valence-corrected chi connectivity index (χ3v) is 3.36. The van der Waals surface area contributed by atoms with Crippen LogP contribution < -0.4 is 0 Å². The monoisotopic (exact) mass is 193 g/mol. The first-order valence-corrected chi connectivity index (χ1v) is 5.60. The standard InChI is InChI=1S/C12H19NO/c1-9-11(8-14)7-12(13-9)10-5-3-2-4-6-10/h7,10,13-14H,2-6,8H2,1H3. The summed E-state index contributed by atoms with van der Waals surface area (Å²) in [5, 5.41) is 9.11. The molecule has 1 aromatic rings. The Morgan fingerprint density at radius 3 is 2.64 bits per heavy atom. The zero-order valence-electron chi connectivity index (χ0n) is 8.84. The van der Waals surface area contributed by atoms with Crippen LogP contribution in [0.3, 0.4) is 0 Å². The molecule has 0 amide bonds. The fraction of sp³-hybridized carbons (Fsp3) is 0.667. The maximum absolute atomic E-state index is 9.11. The number of nitrogens with one attached hydrogen (secondary N) is 1. The molecule has 2 rings (SSSR count). The number of aryl methyl sites for hydroxylation is 1. The second kappa shape index (κ2) is 4.18. The summed E-state index contributed by atoms with van der Waals surface area (Å²) in [6, 6.07) is 2.14. The SMILES string of the molecule is Cc1[nH]c(C2CCCCC2)cc1CO. The molecule has 0 unspecified atom stereocenters. The lowest BCUT2D eigenvalue weighted by Crippen LogP contribution is -2.04. The van der Waals surface area contributed by atoms with E-state index in [0.717, 1.165) is 11.3 Å². The van der Waals surface area contributed by atoms with Crippen LogP contribution in [0.4, 0.5) is 0 Å². The highest BCUT2D eigenvalue weighted by molar-refractivity contribution is 5.26. The largest absolute Gasteiger partial charge is 0.392 e. The van der Waals surface area contributed by atoms with Crippen LogP contribution in [0.15, 0.2) is 6.07 Å². The average molecular weight is 193 g/mol. The molecule has 1 aliphatic carbocycles. The number of aliphatic hydroxyl groups is 1. The van der Waals surface area contributed by atoms with Crippen molar-refractivity contribution in [2.75, 3.05) is 0 Å². The molecular weight excluding hydrogens is 174 g/mol. The van der Waals surface area contributed by atoms with Crippen molar-refractivity contribution in [2.45, 2.75) is 51.6 Å². The average Bonchev–Trinajstić information content (AvgIpc) is 2.61. The van der Waals surface area contributed by atoms with Crippen molar-refractivity contribution in [3.63, 3.8) is 0 Å². The highest BCUT2D eigenvalue weighted by Crippen LogP contribution is 2.32. The molecule has 0 atom stereocenters. The first kappa shape index (κ1) is 9.78. The summed E-state index contributed by atoms with van der Waals surface area (Å²) < 4.78 is 0. The van der Waals surface area contributed by atoms with Gasteiger partial charge in [-0.1, -0.05) is 19.3 Å². The van der Waals surface area contributed by atoms with Crippen LogP contribution in [0.25, 0.3) is 0 Å². The summed E-state index contributed by atoms with van der Waals surface area (Å²) in [6.45, 7) is 2.20. The fourth-order valence-electron chi connectivity index (χ4n) is 2.43. The van der Waals surface area contributed by atoms with Gasteiger partial charge in [-0.05, 0) is 37.3 Å². The molecule has 2 heteroatoms. The van der Waals surface area contributed by atoms with Crippen LogP contribution in [0, 0.1) is 6.92 Å². The summed E-state index contributed by atoms with van der Waals surface area (Å²) in [4.78, 5) is 3.41. The van der Waals surface area contributed by atoms with Gasteiger partial charge in [0.2, 0.25) is 0 Å². The maximum Gasteiger partial charge on any atom is 0.0699 e. The van der Waals surface area contributed by atoms with Crippen LogP contribution in [-0.4, -0.2) is 10.1 Å². The molecule has 2 N–H and O–H groups in total.